The molecule has 1 aromatic heterocycles. The Labute approximate surface area is 152 Å². The maximum Gasteiger partial charge on any atom is 0.336 e. The second-order valence-corrected chi connectivity index (χ2v) is 8.06. The van der Waals surface area contributed by atoms with Gasteiger partial charge in [-0.25, -0.2) is 13.2 Å². The highest BCUT2D eigenvalue weighted by atomic mass is 32.2. The van der Waals surface area contributed by atoms with Crippen molar-refractivity contribution in [1.29, 1.82) is 0 Å². The first kappa shape index (κ1) is 18.1. The Morgan fingerprint density at radius 2 is 2.04 bits per heavy atom. The number of nitrogens with zero attached hydrogens (tertiary/aromatic N) is 1. The average Bonchev–Trinajstić information content (AvgIpc) is 2.60. The topological polar surface area (TPSA) is 85.4 Å². The van der Waals surface area contributed by atoms with Gasteiger partial charge in [0.15, 0.2) is 9.84 Å². The van der Waals surface area contributed by atoms with Gasteiger partial charge in [0.1, 0.15) is 0 Å². The van der Waals surface area contributed by atoms with Crippen LogP contribution in [0.2, 0.25) is 0 Å². The number of sulfone groups is 1. The molecule has 0 unspecified atom stereocenters. The van der Waals surface area contributed by atoms with Crippen LogP contribution >= 0.6 is 0 Å². The fourth-order valence-corrected chi connectivity index (χ4v) is 3.90. The lowest BCUT2D eigenvalue weighted by Crippen LogP contribution is -2.22. The number of nitrogens with one attached hydrogen (secondary N) is 1. The zero-order valence-corrected chi connectivity index (χ0v) is 15.7. The van der Waals surface area contributed by atoms with Gasteiger partial charge in [-0.05, 0) is 37.6 Å². The molecular weight excluding hydrogens is 352 g/mol. The molecule has 0 amide bonds. The third-order valence-electron chi connectivity index (χ3n) is 4.23. The van der Waals surface area contributed by atoms with Crippen LogP contribution in [0.4, 0.5) is 5.69 Å². The van der Waals surface area contributed by atoms with Gasteiger partial charge in [0, 0.05) is 30.1 Å². The van der Waals surface area contributed by atoms with Crippen LogP contribution in [-0.4, -0.2) is 32.2 Å². The Bertz CT molecular complexity index is 1010. The first-order chi connectivity index (χ1) is 12.3. The van der Waals surface area contributed by atoms with Crippen molar-refractivity contribution in [3.8, 4) is 0 Å². The van der Waals surface area contributed by atoms with E-state index in [2.05, 4.69) is 10.3 Å². The number of pyridine rings is 1. The van der Waals surface area contributed by atoms with Gasteiger partial charge in [-0.15, -0.1) is 0 Å². The summed E-state index contributed by atoms with van der Waals surface area (Å²) < 4.78 is 29.6. The fourth-order valence-electron chi connectivity index (χ4n) is 3.02. The molecule has 6 nitrogen and oxygen atoms in total. The van der Waals surface area contributed by atoms with E-state index in [9.17, 15) is 13.2 Å². The minimum atomic E-state index is -3.42. The highest BCUT2D eigenvalue weighted by molar-refractivity contribution is 7.90. The van der Waals surface area contributed by atoms with E-state index >= 15 is 0 Å². The number of rotatable bonds is 4. The highest BCUT2D eigenvalue weighted by Gasteiger charge is 2.29. The lowest BCUT2D eigenvalue weighted by atomic mass is 9.93. The van der Waals surface area contributed by atoms with E-state index in [0.717, 1.165) is 16.8 Å². The van der Waals surface area contributed by atoms with Crippen molar-refractivity contribution in [2.45, 2.75) is 25.2 Å². The maximum atomic E-state index is 12.5. The van der Waals surface area contributed by atoms with E-state index in [4.69, 9.17) is 4.74 Å². The summed E-state index contributed by atoms with van der Waals surface area (Å²) >= 11 is 0. The predicted molar refractivity (Wildman–Crippen MR) is 99.4 cm³/mol. The number of aromatic nitrogens is 1. The Kier molecular flexibility index (Phi) is 4.82. The highest BCUT2D eigenvalue weighted by Crippen LogP contribution is 2.37. The van der Waals surface area contributed by atoms with Crippen LogP contribution in [0.15, 0.2) is 47.0 Å². The molecular formula is C19H20N2O4S. The summed E-state index contributed by atoms with van der Waals surface area (Å²) in [6.45, 7) is 3.85. The monoisotopic (exact) mass is 372 g/mol. The zero-order chi connectivity index (χ0) is 18.9. The van der Waals surface area contributed by atoms with Gasteiger partial charge >= 0.3 is 5.97 Å². The number of anilines is 1. The molecule has 2 aromatic rings. The normalized spacial score (nSPS) is 13.8. The maximum absolute atomic E-state index is 12.5. The van der Waals surface area contributed by atoms with Crippen LogP contribution in [0.3, 0.4) is 0 Å². The van der Waals surface area contributed by atoms with Crippen LogP contribution < -0.4 is 5.32 Å². The van der Waals surface area contributed by atoms with Crippen molar-refractivity contribution in [2.75, 3.05) is 18.2 Å². The summed E-state index contributed by atoms with van der Waals surface area (Å²) in [5.74, 6) is -0.423. The van der Waals surface area contributed by atoms with Crippen molar-refractivity contribution in [3.63, 3.8) is 0 Å². The van der Waals surface area contributed by atoms with Crippen molar-refractivity contribution in [2.24, 2.45) is 0 Å². The SMILES string of the molecule is CCOC(=O)C1=C(c2cccnc2C)Nc2c(cccc2S(C)(=O)=O)C1. The minimum Gasteiger partial charge on any atom is -0.463 e. The fraction of sp³-hybridized carbons (Fsp3) is 0.263. The molecule has 136 valence electrons. The molecule has 0 aliphatic carbocycles. The molecule has 3 rings (SSSR count). The molecule has 0 saturated heterocycles. The molecule has 2 heterocycles. The van der Waals surface area contributed by atoms with Gasteiger partial charge in [0.25, 0.3) is 0 Å². The van der Waals surface area contributed by atoms with Crippen LogP contribution in [0.5, 0.6) is 0 Å². The van der Waals surface area contributed by atoms with Crippen LogP contribution in [-0.2, 0) is 25.8 Å². The predicted octanol–water partition coefficient (Wildman–Crippen LogP) is 2.74. The van der Waals surface area contributed by atoms with E-state index in [-0.39, 0.29) is 17.9 Å². The number of hydrogen-bond acceptors (Lipinski definition) is 6. The molecule has 0 spiro atoms. The Morgan fingerprint density at radius 1 is 1.27 bits per heavy atom. The van der Waals surface area contributed by atoms with Crippen molar-refractivity contribution in [3.05, 3.63) is 58.9 Å². The number of fused-ring (bicyclic) bond motifs is 1. The molecule has 1 aromatic carbocycles. The molecule has 1 N–H and O–H groups in total. The van der Waals surface area contributed by atoms with Crippen LogP contribution in [0.25, 0.3) is 5.70 Å². The van der Waals surface area contributed by atoms with E-state index in [1.165, 1.54) is 6.26 Å². The summed E-state index contributed by atoms with van der Waals surface area (Å²) in [7, 11) is -3.42. The number of carbonyl (C=O) groups excluding carboxylic acids is 1. The summed E-state index contributed by atoms with van der Waals surface area (Å²) in [6.07, 6.45) is 3.13. The summed E-state index contributed by atoms with van der Waals surface area (Å²) in [4.78, 5) is 17.0. The molecule has 1 aliphatic rings. The van der Waals surface area contributed by atoms with Gasteiger partial charge in [0.05, 0.1) is 28.5 Å². The molecule has 0 atom stereocenters. The zero-order valence-electron chi connectivity index (χ0n) is 14.9. The number of aryl methyl sites for hydroxylation is 1. The molecule has 7 heteroatoms. The largest absolute Gasteiger partial charge is 0.463 e. The Hall–Kier alpha value is -2.67. The number of carbonyl (C=O) groups is 1. The van der Waals surface area contributed by atoms with Gasteiger partial charge in [-0.2, -0.15) is 0 Å². The Morgan fingerprint density at radius 3 is 2.69 bits per heavy atom. The van der Waals surface area contributed by atoms with Crippen molar-refractivity contribution >= 4 is 27.2 Å². The van der Waals surface area contributed by atoms with Crippen molar-refractivity contribution < 1.29 is 17.9 Å². The van der Waals surface area contributed by atoms with Crippen LogP contribution in [0.1, 0.15) is 23.7 Å². The van der Waals surface area contributed by atoms with E-state index < -0.39 is 15.8 Å². The minimum absolute atomic E-state index is 0.206. The molecule has 0 bridgehead atoms. The third-order valence-corrected chi connectivity index (χ3v) is 5.37. The molecule has 0 radical (unpaired) electrons. The summed E-state index contributed by atoms with van der Waals surface area (Å²) in [5, 5.41) is 3.18. The average molecular weight is 372 g/mol. The second kappa shape index (κ2) is 6.92. The number of esters is 1. The summed E-state index contributed by atoms with van der Waals surface area (Å²) in [5.41, 5.74) is 3.71. The number of ether oxygens (including phenoxy) is 1. The van der Waals surface area contributed by atoms with Crippen LogP contribution in [0, 0.1) is 6.92 Å². The first-order valence-electron chi connectivity index (χ1n) is 8.24. The van der Waals surface area contributed by atoms with Gasteiger partial charge in [-0.1, -0.05) is 12.1 Å². The molecule has 26 heavy (non-hydrogen) atoms. The lowest BCUT2D eigenvalue weighted by Gasteiger charge is -2.26. The summed E-state index contributed by atoms with van der Waals surface area (Å²) in [6, 6.07) is 8.67. The van der Waals surface area contributed by atoms with Gasteiger partial charge in [0.2, 0.25) is 0 Å². The van der Waals surface area contributed by atoms with Gasteiger partial charge < -0.3 is 10.1 Å². The number of benzene rings is 1. The quantitative estimate of drug-likeness (QED) is 0.831. The second-order valence-electron chi connectivity index (χ2n) is 6.07. The molecule has 1 aliphatic heterocycles. The van der Waals surface area contributed by atoms with E-state index in [1.54, 1.807) is 31.3 Å². The molecule has 0 saturated carbocycles. The van der Waals surface area contributed by atoms with Gasteiger partial charge in [-0.3, -0.25) is 4.98 Å². The number of hydrogen-bond donors (Lipinski definition) is 1. The first-order valence-corrected chi connectivity index (χ1v) is 10.1. The van der Waals surface area contributed by atoms with E-state index in [1.807, 2.05) is 19.1 Å². The Balaban J connectivity index is 2.21. The van der Waals surface area contributed by atoms with Crippen molar-refractivity contribution in [1.82, 2.24) is 4.98 Å². The lowest BCUT2D eigenvalue weighted by molar-refractivity contribution is -0.138. The van der Waals surface area contributed by atoms with E-state index in [0.29, 0.717) is 17.0 Å². The number of para-hydroxylation sites is 1. The molecule has 0 fully saturated rings. The smallest absolute Gasteiger partial charge is 0.336 e. The third kappa shape index (κ3) is 3.35. The standard InChI is InChI=1S/C19H20N2O4S/c1-4-25-19(22)15-11-13-7-5-9-16(26(3,23)24)17(13)21-18(15)14-8-6-10-20-12(14)2/h5-10,21H,4,11H2,1-3H3.